The highest BCUT2D eigenvalue weighted by molar-refractivity contribution is 5.97. The molecule has 170 valence electrons. The molecule has 0 saturated heterocycles. The molecule has 0 aliphatic heterocycles. The van der Waals surface area contributed by atoms with E-state index >= 15 is 0 Å². The number of hydrogen-bond donors (Lipinski definition) is 1. The van der Waals surface area contributed by atoms with Crippen LogP contribution >= 0.6 is 0 Å². The van der Waals surface area contributed by atoms with Gasteiger partial charge in [-0.1, -0.05) is 108 Å². The van der Waals surface area contributed by atoms with Gasteiger partial charge in [0.2, 0.25) is 0 Å². The van der Waals surface area contributed by atoms with E-state index in [1.165, 1.54) is 44.9 Å². The lowest BCUT2D eigenvalue weighted by Crippen LogP contribution is -2.13. The van der Waals surface area contributed by atoms with E-state index < -0.39 is 0 Å². The number of aliphatic hydroxyl groups excluding tert-OH is 1. The Morgan fingerprint density at radius 1 is 0.800 bits per heavy atom. The van der Waals surface area contributed by atoms with Crippen molar-refractivity contribution >= 4 is 11.8 Å². The first-order chi connectivity index (χ1) is 14.6. The van der Waals surface area contributed by atoms with Crippen molar-refractivity contribution in [1.82, 2.24) is 0 Å². The van der Waals surface area contributed by atoms with Gasteiger partial charge in [-0.25, -0.2) is 0 Å². The minimum Gasteiger partial charge on any atom is -0.457 e. The van der Waals surface area contributed by atoms with E-state index in [0.717, 1.165) is 44.9 Å². The maximum Gasteiger partial charge on any atom is 0.306 e. The van der Waals surface area contributed by atoms with Crippen LogP contribution in [0.2, 0.25) is 0 Å². The predicted molar refractivity (Wildman–Crippen MR) is 123 cm³/mol. The van der Waals surface area contributed by atoms with Crippen LogP contribution in [0.1, 0.15) is 114 Å². The third-order valence-electron chi connectivity index (χ3n) is 5.52. The molecule has 0 bridgehead atoms. The second-order valence-electron chi connectivity index (χ2n) is 8.32. The van der Waals surface area contributed by atoms with Gasteiger partial charge in [0, 0.05) is 12.0 Å². The number of hydrogen-bond acceptors (Lipinski definition) is 4. The number of carbonyl (C=O) groups is 2. The zero-order valence-electron chi connectivity index (χ0n) is 18.9. The van der Waals surface area contributed by atoms with Crippen LogP contribution in [0.25, 0.3) is 0 Å². The molecule has 1 N–H and O–H groups in total. The highest BCUT2D eigenvalue weighted by Crippen LogP contribution is 2.14. The number of esters is 1. The maximum atomic E-state index is 11.9. The summed E-state index contributed by atoms with van der Waals surface area (Å²) < 4.78 is 5.08. The topological polar surface area (TPSA) is 63.6 Å². The predicted octanol–water partition coefficient (Wildman–Crippen LogP) is 6.64. The molecule has 30 heavy (non-hydrogen) atoms. The van der Waals surface area contributed by atoms with Crippen LogP contribution in [-0.4, -0.2) is 29.6 Å². The average molecular weight is 419 g/mol. The van der Waals surface area contributed by atoms with E-state index in [0.29, 0.717) is 12.0 Å². The van der Waals surface area contributed by atoms with Crippen molar-refractivity contribution < 1.29 is 19.4 Å². The van der Waals surface area contributed by atoms with Crippen molar-refractivity contribution in [3.05, 3.63) is 35.9 Å². The average Bonchev–Trinajstić information content (AvgIpc) is 2.76. The summed E-state index contributed by atoms with van der Waals surface area (Å²) in [5, 5.41) is 10.0. The van der Waals surface area contributed by atoms with Crippen molar-refractivity contribution in [2.75, 3.05) is 6.61 Å². The molecule has 1 rings (SSSR count). The first-order valence-corrected chi connectivity index (χ1v) is 12.1. The van der Waals surface area contributed by atoms with Crippen molar-refractivity contribution in [3.63, 3.8) is 0 Å². The van der Waals surface area contributed by atoms with Crippen LogP contribution in [0.3, 0.4) is 0 Å². The van der Waals surface area contributed by atoms with Crippen LogP contribution < -0.4 is 0 Å². The zero-order chi connectivity index (χ0) is 21.9. The number of rotatable bonds is 19. The van der Waals surface area contributed by atoms with E-state index in [1.54, 1.807) is 24.3 Å². The first kappa shape index (κ1) is 26.4. The number of unbranched alkanes of at least 4 members (excludes halogenated alkanes) is 10. The van der Waals surface area contributed by atoms with E-state index in [-0.39, 0.29) is 24.5 Å². The van der Waals surface area contributed by atoms with Gasteiger partial charge in [-0.15, -0.1) is 0 Å². The largest absolute Gasteiger partial charge is 0.457 e. The molecule has 0 amide bonds. The van der Waals surface area contributed by atoms with Crippen LogP contribution in [0, 0.1) is 0 Å². The number of aliphatic hydroxyl groups is 1. The molecule has 0 fully saturated rings. The Bertz CT molecular complexity index is 555. The van der Waals surface area contributed by atoms with Crippen LogP contribution in [-0.2, 0) is 9.53 Å². The summed E-state index contributed by atoms with van der Waals surface area (Å²) in [5.74, 6) is -0.450. The summed E-state index contributed by atoms with van der Waals surface area (Å²) >= 11 is 0. The molecule has 1 unspecified atom stereocenters. The molecule has 1 aromatic rings. The Balaban J connectivity index is 1.87. The van der Waals surface area contributed by atoms with Crippen molar-refractivity contribution in [2.45, 2.75) is 109 Å². The fraction of sp³-hybridized carbons (Fsp3) is 0.692. The van der Waals surface area contributed by atoms with E-state index in [4.69, 9.17) is 4.74 Å². The number of ether oxygens (including phenoxy) is 1. The molecule has 0 radical (unpaired) electrons. The molecule has 1 aromatic carbocycles. The quantitative estimate of drug-likeness (QED) is 0.155. The standard InChI is InChI=1S/C26H42O4/c1-2-3-4-8-14-19-24(27)20-15-9-6-5-7-10-16-21-26(29)30-22-25(28)23-17-12-11-13-18-23/h11-13,17-18,24,27H,2-10,14-16,19-22H2,1H3. The van der Waals surface area contributed by atoms with Crippen LogP contribution in [0.4, 0.5) is 0 Å². The Labute approximate surface area is 183 Å². The number of Topliss-reactive ketones (excluding diaryl/α,β-unsaturated/α-hetero) is 1. The van der Waals surface area contributed by atoms with Crippen molar-refractivity contribution in [3.8, 4) is 0 Å². The van der Waals surface area contributed by atoms with Gasteiger partial charge in [0.1, 0.15) is 0 Å². The summed E-state index contributed by atoms with van der Waals surface area (Å²) in [6, 6.07) is 8.90. The van der Waals surface area contributed by atoms with E-state index in [9.17, 15) is 14.7 Å². The van der Waals surface area contributed by atoms with Gasteiger partial charge in [-0.05, 0) is 19.3 Å². The number of carbonyl (C=O) groups excluding carboxylic acids is 2. The summed E-state index contributed by atoms with van der Waals surface area (Å²) in [7, 11) is 0. The van der Waals surface area contributed by atoms with Gasteiger partial charge in [0.25, 0.3) is 0 Å². The SMILES string of the molecule is CCCCCCCC(O)CCCCCCCCCC(=O)OCC(=O)c1ccccc1. The first-order valence-electron chi connectivity index (χ1n) is 12.1. The molecule has 0 aromatic heterocycles. The van der Waals surface area contributed by atoms with Gasteiger partial charge < -0.3 is 9.84 Å². The monoisotopic (exact) mass is 418 g/mol. The smallest absolute Gasteiger partial charge is 0.306 e. The lowest BCUT2D eigenvalue weighted by atomic mass is 10.0. The van der Waals surface area contributed by atoms with Gasteiger partial charge in [0.15, 0.2) is 12.4 Å². The fourth-order valence-electron chi connectivity index (χ4n) is 3.59. The minimum absolute atomic E-state index is 0.119. The van der Waals surface area contributed by atoms with E-state index in [1.807, 2.05) is 6.07 Å². The van der Waals surface area contributed by atoms with Crippen molar-refractivity contribution in [1.29, 1.82) is 0 Å². The summed E-state index contributed by atoms with van der Waals surface area (Å²) in [4.78, 5) is 23.6. The second kappa shape index (κ2) is 18.1. The Morgan fingerprint density at radius 2 is 1.33 bits per heavy atom. The molecule has 1 atom stereocenters. The highest BCUT2D eigenvalue weighted by Gasteiger charge is 2.09. The molecule has 0 spiro atoms. The lowest BCUT2D eigenvalue weighted by Gasteiger charge is -2.10. The van der Waals surface area contributed by atoms with Gasteiger partial charge >= 0.3 is 5.97 Å². The lowest BCUT2D eigenvalue weighted by molar-refractivity contribution is -0.142. The van der Waals surface area contributed by atoms with Crippen molar-refractivity contribution in [2.24, 2.45) is 0 Å². The molecular formula is C26H42O4. The molecule has 0 saturated carbocycles. The number of benzene rings is 1. The Kier molecular flexibility index (Phi) is 15.9. The third-order valence-corrected chi connectivity index (χ3v) is 5.52. The van der Waals surface area contributed by atoms with Gasteiger partial charge in [-0.2, -0.15) is 0 Å². The fourth-order valence-corrected chi connectivity index (χ4v) is 3.59. The molecule has 4 nitrogen and oxygen atoms in total. The molecule has 4 heteroatoms. The third kappa shape index (κ3) is 14.3. The molecule has 0 heterocycles. The Hall–Kier alpha value is -1.68. The van der Waals surface area contributed by atoms with Crippen LogP contribution in [0.15, 0.2) is 30.3 Å². The summed E-state index contributed by atoms with van der Waals surface area (Å²) in [6.45, 7) is 2.05. The second-order valence-corrected chi connectivity index (χ2v) is 8.32. The Morgan fingerprint density at radius 3 is 1.93 bits per heavy atom. The van der Waals surface area contributed by atoms with E-state index in [2.05, 4.69) is 6.92 Å². The van der Waals surface area contributed by atoms with Crippen LogP contribution in [0.5, 0.6) is 0 Å². The normalized spacial score (nSPS) is 11.9. The maximum absolute atomic E-state index is 11.9. The van der Waals surface area contributed by atoms with Gasteiger partial charge in [-0.3, -0.25) is 9.59 Å². The van der Waals surface area contributed by atoms with Gasteiger partial charge in [0.05, 0.1) is 6.10 Å². The molecule has 0 aliphatic rings. The molecule has 0 aliphatic carbocycles. The minimum atomic E-state index is -0.289. The number of ketones is 1. The zero-order valence-corrected chi connectivity index (χ0v) is 18.9. The summed E-state index contributed by atoms with van der Waals surface area (Å²) in [5.41, 5.74) is 0.574. The summed E-state index contributed by atoms with van der Waals surface area (Å²) in [6.07, 6.45) is 16.0. The highest BCUT2D eigenvalue weighted by atomic mass is 16.5. The molecular weight excluding hydrogens is 376 g/mol.